The van der Waals surface area contributed by atoms with Crippen LogP contribution in [0, 0.1) is 12.8 Å². The van der Waals surface area contributed by atoms with E-state index in [1.165, 1.54) is 66.6 Å². The van der Waals surface area contributed by atoms with Crippen LogP contribution in [0.5, 0.6) is 5.75 Å². The summed E-state index contributed by atoms with van der Waals surface area (Å²) in [5.41, 5.74) is 6.05. The smallest absolute Gasteiger partial charge is 0.140 e. The van der Waals surface area contributed by atoms with Crippen LogP contribution >= 0.6 is 0 Å². The fourth-order valence-electron chi connectivity index (χ4n) is 4.76. The predicted molar refractivity (Wildman–Crippen MR) is 125 cm³/mol. The quantitative estimate of drug-likeness (QED) is 0.514. The Morgan fingerprint density at radius 1 is 1.03 bits per heavy atom. The van der Waals surface area contributed by atoms with Crippen LogP contribution in [0.15, 0.2) is 48.9 Å². The number of methoxy groups -OCH3 is 1. The van der Waals surface area contributed by atoms with Crippen molar-refractivity contribution in [2.24, 2.45) is 5.92 Å². The van der Waals surface area contributed by atoms with Crippen LogP contribution in [-0.2, 0) is 0 Å². The normalized spacial score (nSPS) is 21.1. The molecule has 5 rings (SSSR count). The molecule has 0 radical (unpaired) electrons. The van der Waals surface area contributed by atoms with Crippen molar-refractivity contribution in [3.8, 4) is 16.9 Å². The van der Waals surface area contributed by atoms with Crippen LogP contribution in [-0.4, -0.2) is 28.4 Å². The maximum absolute atomic E-state index is 5.35. The van der Waals surface area contributed by atoms with Crippen LogP contribution in [0.2, 0.25) is 0 Å². The second-order valence-electron chi connectivity index (χ2n) is 9.20. The minimum Gasteiger partial charge on any atom is -0.495 e. The standard InChI is InChI=1S/C26H32N4O/c1-18-12-25(28-16-26(18)31-2)20-8-6-19(7-9-20)14-27-23-5-3-4-21(13-23)22-15-29-30(17-22)24-10-11-24/h3-5,12-13,15-17,19-20,24,27H,6-11,14H2,1-2H3. The minimum absolute atomic E-state index is 0.576. The highest BCUT2D eigenvalue weighted by atomic mass is 16.5. The Hall–Kier alpha value is -2.82. The van der Waals surface area contributed by atoms with Crippen molar-refractivity contribution in [3.05, 3.63) is 60.2 Å². The van der Waals surface area contributed by atoms with Gasteiger partial charge in [-0.25, -0.2) is 0 Å². The molecule has 0 atom stereocenters. The number of nitrogens with one attached hydrogen (secondary N) is 1. The van der Waals surface area contributed by atoms with E-state index in [0.29, 0.717) is 12.0 Å². The molecule has 0 spiro atoms. The largest absolute Gasteiger partial charge is 0.495 e. The molecular formula is C26H32N4O. The lowest BCUT2D eigenvalue weighted by molar-refractivity contribution is 0.334. The van der Waals surface area contributed by atoms with E-state index in [2.05, 4.69) is 63.5 Å². The van der Waals surface area contributed by atoms with Crippen molar-refractivity contribution in [2.75, 3.05) is 19.0 Å². The molecular weight excluding hydrogens is 384 g/mol. The van der Waals surface area contributed by atoms with E-state index in [0.717, 1.165) is 18.2 Å². The second kappa shape index (κ2) is 8.74. The van der Waals surface area contributed by atoms with Crippen LogP contribution in [0.25, 0.3) is 11.1 Å². The summed E-state index contributed by atoms with van der Waals surface area (Å²) in [5, 5.41) is 8.22. The lowest BCUT2D eigenvalue weighted by Gasteiger charge is -2.29. The molecule has 2 saturated carbocycles. The first-order valence-corrected chi connectivity index (χ1v) is 11.6. The Labute approximate surface area is 184 Å². The molecule has 1 aromatic carbocycles. The number of hydrogen-bond acceptors (Lipinski definition) is 4. The number of hydrogen-bond donors (Lipinski definition) is 1. The summed E-state index contributed by atoms with van der Waals surface area (Å²) in [4.78, 5) is 4.66. The Morgan fingerprint density at radius 2 is 1.87 bits per heavy atom. The van der Waals surface area contributed by atoms with Gasteiger partial charge < -0.3 is 10.1 Å². The lowest BCUT2D eigenvalue weighted by Crippen LogP contribution is -2.21. The van der Waals surface area contributed by atoms with Crippen LogP contribution in [0.1, 0.15) is 61.7 Å². The van der Waals surface area contributed by atoms with Gasteiger partial charge in [0.2, 0.25) is 0 Å². The topological polar surface area (TPSA) is 52.0 Å². The highest BCUT2D eigenvalue weighted by molar-refractivity contribution is 5.67. The van der Waals surface area contributed by atoms with E-state index < -0.39 is 0 Å². The van der Waals surface area contributed by atoms with E-state index in [1.54, 1.807) is 7.11 Å². The molecule has 2 heterocycles. The van der Waals surface area contributed by atoms with E-state index >= 15 is 0 Å². The van der Waals surface area contributed by atoms with E-state index in [-0.39, 0.29) is 0 Å². The van der Waals surface area contributed by atoms with Gasteiger partial charge in [0.1, 0.15) is 5.75 Å². The maximum atomic E-state index is 5.35. The molecule has 5 nitrogen and oxygen atoms in total. The zero-order chi connectivity index (χ0) is 21.2. The van der Waals surface area contributed by atoms with Gasteiger partial charge in [-0.3, -0.25) is 9.67 Å². The molecule has 2 aliphatic carbocycles. The summed E-state index contributed by atoms with van der Waals surface area (Å²) in [7, 11) is 1.71. The third-order valence-electron chi connectivity index (χ3n) is 6.88. The zero-order valence-electron chi connectivity index (χ0n) is 18.6. The molecule has 31 heavy (non-hydrogen) atoms. The average Bonchev–Trinajstić information content (AvgIpc) is 3.54. The van der Waals surface area contributed by atoms with Gasteiger partial charge in [0.05, 0.1) is 25.5 Å². The monoisotopic (exact) mass is 416 g/mol. The maximum Gasteiger partial charge on any atom is 0.140 e. The van der Waals surface area contributed by atoms with Gasteiger partial charge in [0.25, 0.3) is 0 Å². The van der Waals surface area contributed by atoms with Gasteiger partial charge in [-0.2, -0.15) is 5.10 Å². The number of nitrogens with zero attached hydrogens (tertiary/aromatic N) is 3. The molecule has 2 aromatic heterocycles. The van der Waals surface area contributed by atoms with Crippen molar-refractivity contribution in [1.29, 1.82) is 0 Å². The Kier molecular flexibility index (Phi) is 5.66. The number of ether oxygens (including phenoxy) is 1. The first-order chi connectivity index (χ1) is 15.2. The molecule has 0 amide bonds. The molecule has 162 valence electrons. The molecule has 2 aliphatic rings. The number of aromatic nitrogens is 3. The summed E-state index contributed by atoms with van der Waals surface area (Å²) in [6, 6.07) is 11.6. The molecule has 0 saturated heterocycles. The number of pyridine rings is 1. The first-order valence-electron chi connectivity index (χ1n) is 11.6. The average molecular weight is 417 g/mol. The predicted octanol–water partition coefficient (Wildman–Crippen LogP) is 5.98. The Balaban J connectivity index is 1.15. The molecule has 5 heteroatoms. The van der Waals surface area contributed by atoms with E-state index in [4.69, 9.17) is 4.74 Å². The van der Waals surface area contributed by atoms with Gasteiger partial charge in [-0.15, -0.1) is 0 Å². The minimum atomic E-state index is 0.576. The van der Waals surface area contributed by atoms with Crippen molar-refractivity contribution < 1.29 is 4.74 Å². The zero-order valence-corrected chi connectivity index (χ0v) is 18.6. The van der Waals surface area contributed by atoms with Crippen molar-refractivity contribution in [3.63, 3.8) is 0 Å². The summed E-state index contributed by atoms with van der Waals surface area (Å²) in [5.74, 6) is 2.17. The van der Waals surface area contributed by atoms with Gasteiger partial charge >= 0.3 is 0 Å². The van der Waals surface area contributed by atoms with E-state index in [9.17, 15) is 0 Å². The third-order valence-corrected chi connectivity index (χ3v) is 6.88. The Bertz CT molecular complexity index is 1030. The number of benzene rings is 1. The van der Waals surface area contributed by atoms with Gasteiger partial charge in [-0.1, -0.05) is 12.1 Å². The third kappa shape index (κ3) is 4.60. The number of aryl methyl sites for hydroxylation is 1. The van der Waals surface area contributed by atoms with Crippen molar-refractivity contribution >= 4 is 5.69 Å². The molecule has 2 fully saturated rings. The summed E-state index contributed by atoms with van der Waals surface area (Å²) in [6.45, 7) is 3.14. The number of rotatable bonds is 7. The van der Waals surface area contributed by atoms with Gasteiger partial charge in [-0.05, 0) is 80.7 Å². The second-order valence-corrected chi connectivity index (χ2v) is 9.20. The molecule has 0 aliphatic heterocycles. The Morgan fingerprint density at radius 3 is 2.61 bits per heavy atom. The van der Waals surface area contributed by atoms with Gasteiger partial charge in [0.15, 0.2) is 0 Å². The fourth-order valence-corrected chi connectivity index (χ4v) is 4.76. The van der Waals surface area contributed by atoms with Crippen molar-refractivity contribution in [2.45, 2.75) is 57.4 Å². The summed E-state index contributed by atoms with van der Waals surface area (Å²) < 4.78 is 7.47. The summed E-state index contributed by atoms with van der Waals surface area (Å²) >= 11 is 0. The van der Waals surface area contributed by atoms with Crippen LogP contribution in [0.3, 0.4) is 0 Å². The lowest BCUT2D eigenvalue weighted by atomic mass is 9.80. The molecule has 0 bridgehead atoms. The SMILES string of the molecule is COc1cnc(C2CCC(CNc3cccc(-c4cnn(C5CC5)c4)c3)CC2)cc1C. The van der Waals surface area contributed by atoms with Crippen LogP contribution in [0.4, 0.5) is 5.69 Å². The van der Waals surface area contributed by atoms with Gasteiger partial charge in [0, 0.05) is 35.6 Å². The highest BCUT2D eigenvalue weighted by Crippen LogP contribution is 2.37. The molecule has 0 unspecified atom stereocenters. The molecule has 1 N–H and O–H groups in total. The molecule has 3 aromatic rings. The first kappa shape index (κ1) is 20.1. The van der Waals surface area contributed by atoms with Crippen LogP contribution < -0.4 is 10.1 Å². The number of anilines is 1. The summed E-state index contributed by atoms with van der Waals surface area (Å²) in [6.07, 6.45) is 13.5. The van der Waals surface area contributed by atoms with E-state index in [1.807, 2.05) is 12.4 Å². The highest BCUT2D eigenvalue weighted by Gasteiger charge is 2.25. The van der Waals surface area contributed by atoms with Crippen molar-refractivity contribution in [1.82, 2.24) is 14.8 Å². The fraction of sp³-hybridized carbons (Fsp3) is 0.462.